The molecule has 1 amide bonds. The number of hydrogen-bond acceptors (Lipinski definition) is 7. The number of anilines is 1. The van der Waals surface area contributed by atoms with Crippen LogP contribution in [0.4, 0.5) is 17.2 Å². The molecule has 3 rings (SSSR count). The van der Waals surface area contributed by atoms with Crippen LogP contribution >= 0.6 is 0 Å². The molecule has 11 heteroatoms. The van der Waals surface area contributed by atoms with Gasteiger partial charge in [0.25, 0.3) is 11.6 Å². The van der Waals surface area contributed by atoms with Gasteiger partial charge in [-0.2, -0.15) is 5.10 Å². The van der Waals surface area contributed by atoms with Gasteiger partial charge in [-0.25, -0.2) is 0 Å². The van der Waals surface area contributed by atoms with Gasteiger partial charge >= 0.3 is 5.69 Å². The molecule has 2 N–H and O–H groups in total. The Kier molecular flexibility index (Phi) is 4.98. The van der Waals surface area contributed by atoms with Gasteiger partial charge < -0.3 is 10.1 Å². The van der Waals surface area contributed by atoms with Gasteiger partial charge in [-0.05, 0) is 12.1 Å². The predicted octanol–water partition coefficient (Wildman–Crippen LogP) is 3.15. The minimum Gasteiger partial charge on any atom is -0.490 e. The smallest absolute Gasteiger partial charge is 0.311 e. The Balaban J connectivity index is 1.81. The number of non-ortho nitro benzene ring substituents is 1. The van der Waals surface area contributed by atoms with Gasteiger partial charge in [-0.1, -0.05) is 12.1 Å². The van der Waals surface area contributed by atoms with Gasteiger partial charge in [0.05, 0.1) is 22.7 Å². The van der Waals surface area contributed by atoms with Crippen molar-refractivity contribution in [2.75, 3.05) is 12.4 Å². The van der Waals surface area contributed by atoms with Crippen LogP contribution in [0.5, 0.6) is 5.75 Å². The summed E-state index contributed by atoms with van der Waals surface area (Å²) in [5.74, 6) is -0.415. The van der Waals surface area contributed by atoms with Crippen molar-refractivity contribution in [2.24, 2.45) is 0 Å². The van der Waals surface area contributed by atoms with E-state index in [1.54, 1.807) is 6.07 Å². The molecule has 11 nitrogen and oxygen atoms in total. The van der Waals surface area contributed by atoms with Crippen LogP contribution in [0.2, 0.25) is 0 Å². The predicted molar refractivity (Wildman–Crippen MR) is 98.3 cm³/mol. The second kappa shape index (κ2) is 7.53. The summed E-state index contributed by atoms with van der Waals surface area (Å²) in [5, 5.41) is 31.1. The van der Waals surface area contributed by atoms with Gasteiger partial charge in [-0.3, -0.25) is 30.1 Å². The molecule has 0 saturated heterocycles. The number of carbonyl (C=O) groups excluding carboxylic acids is 1. The number of rotatable bonds is 6. The maximum atomic E-state index is 12.4. The first-order chi connectivity index (χ1) is 13.4. The molecule has 1 heterocycles. The average molecular weight is 383 g/mol. The molecule has 0 aliphatic carbocycles. The van der Waals surface area contributed by atoms with Crippen LogP contribution in [0.1, 0.15) is 10.4 Å². The van der Waals surface area contributed by atoms with Crippen LogP contribution in [0.25, 0.3) is 11.3 Å². The van der Waals surface area contributed by atoms with Gasteiger partial charge in [0.15, 0.2) is 11.6 Å². The van der Waals surface area contributed by atoms with E-state index in [9.17, 15) is 25.0 Å². The summed E-state index contributed by atoms with van der Waals surface area (Å²) in [5.41, 5.74) is 0.604. The topological polar surface area (TPSA) is 153 Å². The minimum atomic E-state index is -0.648. The van der Waals surface area contributed by atoms with E-state index in [1.165, 1.54) is 43.5 Å². The van der Waals surface area contributed by atoms with Crippen molar-refractivity contribution < 1.29 is 19.4 Å². The number of nitro benzene ring substituents is 2. The Bertz CT molecular complexity index is 1080. The monoisotopic (exact) mass is 383 g/mol. The Morgan fingerprint density at radius 1 is 1.11 bits per heavy atom. The van der Waals surface area contributed by atoms with Crippen molar-refractivity contribution in [3.8, 4) is 17.0 Å². The molecular formula is C17H13N5O6. The fourth-order valence-electron chi connectivity index (χ4n) is 2.48. The lowest BCUT2D eigenvalue weighted by Crippen LogP contribution is -2.12. The fourth-order valence-corrected chi connectivity index (χ4v) is 2.48. The highest BCUT2D eigenvalue weighted by Crippen LogP contribution is 2.28. The third-order valence-electron chi connectivity index (χ3n) is 3.83. The Morgan fingerprint density at radius 3 is 2.57 bits per heavy atom. The fraction of sp³-hybridized carbons (Fsp3) is 0.0588. The third-order valence-corrected chi connectivity index (χ3v) is 3.83. The zero-order valence-electron chi connectivity index (χ0n) is 14.4. The highest BCUT2D eigenvalue weighted by Gasteiger charge is 2.19. The number of amides is 1. The third kappa shape index (κ3) is 3.77. The van der Waals surface area contributed by atoms with Crippen LogP contribution in [0.3, 0.4) is 0 Å². The summed E-state index contributed by atoms with van der Waals surface area (Å²) in [4.78, 5) is 33.2. The molecule has 28 heavy (non-hydrogen) atoms. The van der Waals surface area contributed by atoms with Crippen LogP contribution in [0, 0.1) is 20.2 Å². The zero-order chi connectivity index (χ0) is 20.3. The molecule has 0 radical (unpaired) electrons. The van der Waals surface area contributed by atoms with Gasteiger partial charge in [0.2, 0.25) is 0 Å². The molecule has 0 spiro atoms. The van der Waals surface area contributed by atoms with Crippen molar-refractivity contribution in [1.29, 1.82) is 0 Å². The maximum Gasteiger partial charge on any atom is 0.311 e. The number of nitrogens with one attached hydrogen (secondary N) is 2. The number of nitrogens with zero attached hydrogens (tertiary/aromatic N) is 3. The number of aromatic nitrogens is 2. The summed E-state index contributed by atoms with van der Waals surface area (Å²) in [6.45, 7) is 0. The molecule has 0 bridgehead atoms. The molecule has 3 aromatic rings. The van der Waals surface area contributed by atoms with Crippen LogP contribution in [-0.4, -0.2) is 33.1 Å². The highest BCUT2D eigenvalue weighted by atomic mass is 16.6. The number of nitro groups is 2. The molecule has 2 aromatic carbocycles. The summed E-state index contributed by atoms with van der Waals surface area (Å²) in [7, 11) is 1.29. The lowest BCUT2D eigenvalue weighted by atomic mass is 10.1. The average Bonchev–Trinajstić information content (AvgIpc) is 3.15. The number of carbonyl (C=O) groups is 1. The number of H-pyrrole nitrogens is 1. The maximum absolute atomic E-state index is 12.4. The molecule has 0 atom stereocenters. The second-order valence-corrected chi connectivity index (χ2v) is 5.57. The normalized spacial score (nSPS) is 10.3. The molecule has 0 aliphatic heterocycles. The number of hydrogen-bond donors (Lipinski definition) is 2. The van der Waals surface area contributed by atoms with E-state index in [0.29, 0.717) is 11.3 Å². The van der Waals surface area contributed by atoms with E-state index in [2.05, 4.69) is 15.5 Å². The number of methoxy groups -OCH3 is 1. The summed E-state index contributed by atoms with van der Waals surface area (Å²) in [6.07, 6.45) is 0. The lowest BCUT2D eigenvalue weighted by Gasteiger charge is -2.05. The van der Waals surface area contributed by atoms with E-state index in [4.69, 9.17) is 4.74 Å². The van der Waals surface area contributed by atoms with Crippen molar-refractivity contribution in [3.63, 3.8) is 0 Å². The number of ether oxygens (including phenoxy) is 1. The van der Waals surface area contributed by atoms with Crippen LogP contribution in [0.15, 0.2) is 48.5 Å². The summed E-state index contributed by atoms with van der Waals surface area (Å²) < 4.78 is 4.90. The Morgan fingerprint density at radius 2 is 1.89 bits per heavy atom. The lowest BCUT2D eigenvalue weighted by molar-refractivity contribution is -0.385. The van der Waals surface area contributed by atoms with Gasteiger partial charge in [0.1, 0.15) is 0 Å². The van der Waals surface area contributed by atoms with E-state index in [1.807, 2.05) is 0 Å². The first-order valence-corrected chi connectivity index (χ1v) is 7.83. The largest absolute Gasteiger partial charge is 0.490 e. The summed E-state index contributed by atoms with van der Waals surface area (Å²) >= 11 is 0. The highest BCUT2D eigenvalue weighted by molar-refractivity contribution is 6.04. The standard InChI is InChI=1S/C17H13N5O6/c1-28-15-6-5-11(8-14(15)22(26)27)17(23)18-16-9-13(19-20-16)10-3-2-4-12(7-10)21(24)25/h2-9H,1H3,(H2,18,19,20,23). The molecule has 1 aromatic heterocycles. The van der Waals surface area contributed by atoms with Crippen molar-refractivity contribution in [3.05, 3.63) is 74.3 Å². The van der Waals surface area contributed by atoms with E-state index in [-0.39, 0.29) is 28.5 Å². The van der Waals surface area contributed by atoms with E-state index in [0.717, 1.165) is 6.07 Å². The molecule has 0 saturated carbocycles. The first kappa shape index (κ1) is 18.5. The first-order valence-electron chi connectivity index (χ1n) is 7.83. The van der Waals surface area contributed by atoms with Crippen molar-refractivity contribution >= 4 is 23.1 Å². The second-order valence-electron chi connectivity index (χ2n) is 5.57. The van der Waals surface area contributed by atoms with E-state index < -0.39 is 15.8 Å². The number of aromatic amines is 1. The quantitative estimate of drug-likeness (QED) is 0.489. The molecular weight excluding hydrogens is 370 g/mol. The zero-order valence-corrected chi connectivity index (χ0v) is 14.4. The Labute approximate surface area is 157 Å². The van der Waals surface area contributed by atoms with Gasteiger partial charge in [0, 0.05) is 35.4 Å². The Hall–Kier alpha value is -4.28. The number of benzene rings is 2. The molecule has 142 valence electrons. The SMILES string of the molecule is COc1ccc(C(=O)Nc2cc(-c3cccc([N+](=O)[O-])c3)[nH]n2)cc1[N+](=O)[O-]. The van der Waals surface area contributed by atoms with Crippen molar-refractivity contribution in [1.82, 2.24) is 10.2 Å². The van der Waals surface area contributed by atoms with Gasteiger partial charge in [-0.15, -0.1) is 0 Å². The van der Waals surface area contributed by atoms with Crippen LogP contribution < -0.4 is 10.1 Å². The minimum absolute atomic E-state index is 0.0364. The molecule has 0 unspecified atom stereocenters. The molecule has 0 aliphatic rings. The summed E-state index contributed by atoms with van der Waals surface area (Å²) in [6, 6.07) is 11.2. The van der Waals surface area contributed by atoms with E-state index >= 15 is 0 Å². The van der Waals surface area contributed by atoms with Crippen molar-refractivity contribution in [2.45, 2.75) is 0 Å². The van der Waals surface area contributed by atoms with Crippen LogP contribution in [-0.2, 0) is 0 Å². The molecule has 0 fully saturated rings.